The molecule has 0 unspecified atom stereocenters. The number of aryl methyl sites for hydroxylation is 2. The van der Waals surface area contributed by atoms with Gasteiger partial charge >= 0.3 is 0 Å². The van der Waals surface area contributed by atoms with Crippen LogP contribution in [0.1, 0.15) is 48.8 Å². The van der Waals surface area contributed by atoms with Crippen molar-refractivity contribution in [3.63, 3.8) is 0 Å². The van der Waals surface area contributed by atoms with Crippen LogP contribution in [0.25, 0.3) is 0 Å². The normalized spacial score (nSPS) is 19.7. The summed E-state index contributed by atoms with van der Waals surface area (Å²) in [5.41, 5.74) is 4.54. The van der Waals surface area contributed by atoms with Gasteiger partial charge in [0.1, 0.15) is 0 Å². The molecule has 1 aromatic rings. The molecule has 0 saturated heterocycles. The van der Waals surface area contributed by atoms with E-state index in [1.807, 2.05) is 0 Å². The summed E-state index contributed by atoms with van der Waals surface area (Å²) in [6.45, 7) is 4.40. The van der Waals surface area contributed by atoms with Gasteiger partial charge in [0.25, 0.3) is 0 Å². The van der Waals surface area contributed by atoms with Crippen molar-refractivity contribution in [2.75, 3.05) is 7.05 Å². The van der Waals surface area contributed by atoms with Crippen molar-refractivity contribution in [2.45, 2.75) is 51.5 Å². The van der Waals surface area contributed by atoms with Crippen molar-refractivity contribution in [1.29, 1.82) is 0 Å². The summed E-state index contributed by atoms with van der Waals surface area (Å²) in [5, 5.41) is 3.58. The van der Waals surface area contributed by atoms with Crippen LogP contribution in [0.4, 0.5) is 0 Å². The minimum atomic E-state index is 0.247. The third-order valence-corrected chi connectivity index (χ3v) is 4.25. The monoisotopic (exact) mass is 217 g/mol. The van der Waals surface area contributed by atoms with Crippen molar-refractivity contribution in [3.8, 4) is 0 Å². The molecule has 16 heavy (non-hydrogen) atoms. The first kappa shape index (κ1) is 11.7. The van der Waals surface area contributed by atoms with Crippen LogP contribution >= 0.6 is 0 Å². The summed E-state index contributed by atoms with van der Waals surface area (Å²) < 4.78 is 0. The Kier molecular flexibility index (Phi) is 3.34. The minimum absolute atomic E-state index is 0.247. The van der Waals surface area contributed by atoms with Gasteiger partial charge in [0.05, 0.1) is 0 Å². The van der Waals surface area contributed by atoms with Crippen LogP contribution in [0.5, 0.6) is 0 Å². The van der Waals surface area contributed by atoms with E-state index in [-0.39, 0.29) is 5.54 Å². The molecule has 1 aromatic carbocycles. The van der Waals surface area contributed by atoms with Gasteiger partial charge < -0.3 is 5.32 Å². The standard InChI is InChI=1S/C15H23N/c1-12-7-8-14(11-13(12)2)15(16-3)9-5-4-6-10-15/h7-8,11,16H,4-6,9-10H2,1-3H3. The van der Waals surface area contributed by atoms with Crippen molar-refractivity contribution in [3.05, 3.63) is 34.9 Å². The van der Waals surface area contributed by atoms with E-state index in [1.165, 1.54) is 48.8 Å². The molecule has 1 fully saturated rings. The molecular formula is C15H23N. The number of nitrogens with one attached hydrogen (secondary N) is 1. The first-order valence-corrected chi connectivity index (χ1v) is 6.45. The van der Waals surface area contributed by atoms with Crippen LogP contribution in [-0.4, -0.2) is 7.05 Å². The summed E-state index contributed by atoms with van der Waals surface area (Å²) in [4.78, 5) is 0. The molecule has 0 spiro atoms. The average Bonchev–Trinajstić information content (AvgIpc) is 2.33. The Morgan fingerprint density at radius 2 is 1.69 bits per heavy atom. The van der Waals surface area contributed by atoms with Gasteiger partial charge in [-0.1, -0.05) is 37.5 Å². The lowest BCUT2D eigenvalue weighted by Crippen LogP contribution is -2.41. The van der Waals surface area contributed by atoms with Crippen molar-refractivity contribution in [2.24, 2.45) is 0 Å². The zero-order valence-electron chi connectivity index (χ0n) is 10.8. The molecule has 1 nitrogen and oxygen atoms in total. The van der Waals surface area contributed by atoms with Crippen LogP contribution in [0.15, 0.2) is 18.2 Å². The Morgan fingerprint density at radius 1 is 1.00 bits per heavy atom. The van der Waals surface area contributed by atoms with E-state index in [2.05, 4.69) is 44.4 Å². The van der Waals surface area contributed by atoms with Crippen molar-refractivity contribution in [1.82, 2.24) is 5.32 Å². The van der Waals surface area contributed by atoms with E-state index in [0.29, 0.717) is 0 Å². The molecule has 2 rings (SSSR count). The maximum absolute atomic E-state index is 3.58. The lowest BCUT2D eigenvalue weighted by Gasteiger charge is -2.38. The van der Waals surface area contributed by atoms with Gasteiger partial charge in [-0.3, -0.25) is 0 Å². The quantitative estimate of drug-likeness (QED) is 0.797. The highest BCUT2D eigenvalue weighted by Gasteiger charge is 2.31. The van der Waals surface area contributed by atoms with Crippen LogP contribution in [-0.2, 0) is 5.54 Å². The highest BCUT2D eigenvalue weighted by Crippen LogP contribution is 2.37. The molecule has 1 aliphatic rings. The predicted molar refractivity (Wildman–Crippen MR) is 69.7 cm³/mol. The van der Waals surface area contributed by atoms with Gasteiger partial charge in [-0.15, -0.1) is 0 Å². The first-order chi connectivity index (χ1) is 7.68. The Hall–Kier alpha value is -0.820. The van der Waals surface area contributed by atoms with Crippen molar-refractivity contribution >= 4 is 0 Å². The number of benzene rings is 1. The Labute approximate surface area is 99.3 Å². The molecule has 1 heteroatoms. The molecule has 1 aliphatic carbocycles. The van der Waals surface area contributed by atoms with Gasteiger partial charge in [-0.05, 0) is 50.4 Å². The highest BCUT2D eigenvalue weighted by molar-refractivity contribution is 5.34. The number of hydrogen-bond acceptors (Lipinski definition) is 1. The molecular weight excluding hydrogens is 194 g/mol. The third-order valence-electron chi connectivity index (χ3n) is 4.25. The smallest absolute Gasteiger partial charge is 0.0432 e. The SMILES string of the molecule is CNC1(c2ccc(C)c(C)c2)CCCCC1. The summed E-state index contributed by atoms with van der Waals surface area (Å²) in [7, 11) is 2.11. The zero-order chi connectivity index (χ0) is 11.6. The molecule has 1 saturated carbocycles. The van der Waals surface area contributed by atoms with Gasteiger partial charge in [0.2, 0.25) is 0 Å². The Morgan fingerprint density at radius 3 is 2.25 bits per heavy atom. The fourth-order valence-corrected chi connectivity index (χ4v) is 2.88. The fourth-order valence-electron chi connectivity index (χ4n) is 2.88. The molecule has 0 bridgehead atoms. The molecule has 0 heterocycles. The largest absolute Gasteiger partial charge is 0.310 e. The summed E-state index contributed by atoms with van der Waals surface area (Å²) in [6, 6.07) is 6.94. The zero-order valence-corrected chi connectivity index (χ0v) is 10.8. The predicted octanol–water partition coefficient (Wildman–Crippen LogP) is 3.68. The van der Waals surface area contributed by atoms with E-state index < -0.39 is 0 Å². The second-order valence-electron chi connectivity index (χ2n) is 5.19. The summed E-state index contributed by atoms with van der Waals surface area (Å²) in [5.74, 6) is 0. The second-order valence-corrected chi connectivity index (χ2v) is 5.19. The highest BCUT2D eigenvalue weighted by atomic mass is 14.9. The second kappa shape index (κ2) is 4.58. The molecule has 1 N–H and O–H groups in total. The van der Waals surface area contributed by atoms with E-state index in [0.717, 1.165) is 0 Å². The topological polar surface area (TPSA) is 12.0 Å². The summed E-state index contributed by atoms with van der Waals surface area (Å²) in [6.07, 6.45) is 6.67. The van der Waals surface area contributed by atoms with Crippen molar-refractivity contribution < 1.29 is 0 Å². The van der Waals surface area contributed by atoms with Gasteiger partial charge in [0.15, 0.2) is 0 Å². The van der Waals surface area contributed by atoms with Gasteiger partial charge in [0, 0.05) is 5.54 Å². The third kappa shape index (κ3) is 2.01. The fraction of sp³-hybridized carbons (Fsp3) is 0.600. The van der Waals surface area contributed by atoms with E-state index in [1.54, 1.807) is 0 Å². The van der Waals surface area contributed by atoms with Crippen LogP contribution in [0.2, 0.25) is 0 Å². The Balaban J connectivity index is 2.35. The maximum atomic E-state index is 3.58. The van der Waals surface area contributed by atoms with E-state index in [9.17, 15) is 0 Å². The van der Waals surface area contributed by atoms with Gasteiger partial charge in [-0.25, -0.2) is 0 Å². The van der Waals surface area contributed by atoms with Crippen LogP contribution in [0, 0.1) is 13.8 Å². The first-order valence-electron chi connectivity index (χ1n) is 6.45. The lowest BCUT2D eigenvalue weighted by molar-refractivity contribution is 0.250. The molecule has 0 radical (unpaired) electrons. The van der Waals surface area contributed by atoms with Crippen LogP contribution < -0.4 is 5.32 Å². The molecule has 0 aliphatic heterocycles. The lowest BCUT2D eigenvalue weighted by atomic mass is 9.76. The summed E-state index contributed by atoms with van der Waals surface area (Å²) >= 11 is 0. The van der Waals surface area contributed by atoms with E-state index in [4.69, 9.17) is 0 Å². The van der Waals surface area contributed by atoms with Gasteiger partial charge in [-0.2, -0.15) is 0 Å². The Bertz CT molecular complexity index is 362. The average molecular weight is 217 g/mol. The molecule has 88 valence electrons. The maximum Gasteiger partial charge on any atom is 0.0432 e. The molecule has 0 amide bonds. The van der Waals surface area contributed by atoms with Crippen LogP contribution in [0.3, 0.4) is 0 Å². The number of rotatable bonds is 2. The number of hydrogen-bond donors (Lipinski definition) is 1. The van der Waals surface area contributed by atoms with E-state index >= 15 is 0 Å². The molecule has 0 atom stereocenters. The molecule has 0 aromatic heterocycles. The minimum Gasteiger partial charge on any atom is -0.310 e.